The summed E-state index contributed by atoms with van der Waals surface area (Å²) in [6, 6.07) is 9.87. The van der Waals surface area contributed by atoms with Crippen molar-refractivity contribution in [3.05, 3.63) is 64.9 Å². The Balaban J connectivity index is 1.55. The summed E-state index contributed by atoms with van der Waals surface area (Å²) < 4.78 is 6.68. The van der Waals surface area contributed by atoms with Gasteiger partial charge in [-0.05, 0) is 5.56 Å². The van der Waals surface area contributed by atoms with E-state index in [-0.39, 0.29) is 11.7 Å². The van der Waals surface area contributed by atoms with Crippen LogP contribution >= 0.6 is 23.1 Å². The molecule has 0 amide bonds. The van der Waals surface area contributed by atoms with E-state index in [2.05, 4.69) is 9.97 Å². The zero-order chi connectivity index (χ0) is 17.6. The molecule has 0 N–H and O–H groups in total. The molecule has 6 heteroatoms. The van der Waals surface area contributed by atoms with Crippen molar-refractivity contribution in [1.82, 2.24) is 9.97 Å². The first kappa shape index (κ1) is 17.9. The van der Waals surface area contributed by atoms with Crippen LogP contribution in [0.4, 0.5) is 0 Å². The highest BCUT2D eigenvalue weighted by atomic mass is 32.2. The minimum atomic E-state index is -0.110. The second-order valence-corrected chi connectivity index (χ2v) is 8.10. The molecule has 0 saturated heterocycles. The van der Waals surface area contributed by atoms with E-state index in [0.717, 1.165) is 32.9 Å². The van der Waals surface area contributed by atoms with Gasteiger partial charge < -0.3 is 4.42 Å². The van der Waals surface area contributed by atoms with E-state index in [1.165, 1.54) is 0 Å². The number of aryl methyl sites for hydroxylation is 1. The fraction of sp³-hybridized carbons (Fsp3) is 0.316. The van der Waals surface area contributed by atoms with Crippen molar-refractivity contribution in [3.63, 3.8) is 0 Å². The van der Waals surface area contributed by atoms with Crippen LogP contribution in [0, 0.1) is 0 Å². The summed E-state index contributed by atoms with van der Waals surface area (Å²) in [6.45, 7) is 4.00. The number of hydrogen-bond acceptors (Lipinski definition) is 6. The third kappa shape index (κ3) is 4.80. The van der Waals surface area contributed by atoms with Gasteiger partial charge in [-0.3, -0.25) is 4.79 Å². The summed E-state index contributed by atoms with van der Waals surface area (Å²) in [4.78, 5) is 21.1. The highest BCUT2D eigenvalue weighted by molar-refractivity contribution is 8.00. The zero-order valence-electron chi connectivity index (χ0n) is 14.3. The Kier molecular flexibility index (Phi) is 6.04. The number of carbonyl (C=O) groups is 1. The third-order valence-electron chi connectivity index (χ3n) is 3.93. The van der Waals surface area contributed by atoms with Gasteiger partial charge in [0, 0.05) is 12.3 Å². The SMILES string of the molecule is CCc1cnc(CSc2cnc(CC(=O)C(C)c3ccccc3)s2)o1. The van der Waals surface area contributed by atoms with E-state index in [0.29, 0.717) is 12.2 Å². The van der Waals surface area contributed by atoms with Crippen LogP contribution in [0.2, 0.25) is 0 Å². The number of nitrogens with zero attached hydrogens (tertiary/aromatic N) is 2. The molecule has 0 aliphatic heterocycles. The number of rotatable bonds is 8. The smallest absolute Gasteiger partial charge is 0.204 e. The van der Waals surface area contributed by atoms with Gasteiger partial charge in [0.25, 0.3) is 0 Å². The summed E-state index contributed by atoms with van der Waals surface area (Å²) in [5, 5.41) is 0.858. The molecule has 4 nitrogen and oxygen atoms in total. The second kappa shape index (κ2) is 8.45. The van der Waals surface area contributed by atoms with E-state index < -0.39 is 0 Å². The highest BCUT2D eigenvalue weighted by Gasteiger charge is 2.17. The average molecular weight is 373 g/mol. The van der Waals surface area contributed by atoms with Crippen LogP contribution in [-0.4, -0.2) is 15.8 Å². The molecule has 1 unspecified atom stereocenters. The molecule has 3 aromatic rings. The van der Waals surface area contributed by atoms with Crippen LogP contribution in [0.15, 0.2) is 51.4 Å². The summed E-state index contributed by atoms with van der Waals surface area (Å²) in [6.07, 6.45) is 4.83. The van der Waals surface area contributed by atoms with Crippen LogP contribution < -0.4 is 0 Å². The van der Waals surface area contributed by atoms with Crippen LogP contribution in [0.1, 0.15) is 42.0 Å². The van der Waals surface area contributed by atoms with Crippen LogP contribution in [-0.2, 0) is 23.4 Å². The third-order valence-corrected chi connectivity index (χ3v) is 6.10. The minimum absolute atomic E-state index is 0.110. The summed E-state index contributed by atoms with van der Waals surface area (Å²) in [7, 11) is 0. The topological polar surface area (TPSA) is 56.0 Å². The van der Waals surface area contributed by atoms with E-state index in [1.54, 1.807) is 29.3 Å². The number of aromatic nitrogens is 2. The lowest BCUT2D eigenvalue weighted by Gasteiger charge is -2.09. The van der Waals surface area contributed by atoms with Crippen LogP contribution in [0.3, 0.4) is 0 Å². The molecule has 0 saturated carbocycles. The first-order chi connectivity index (χ1) is 12.2. The second-order valence-electron chi connectivity index (χ2n) is 5.71. The van der Waals surface area contributed by atoms with Crippen molar-refractivity contribution in [1.29, 1.82) is 0 Å². The Morgan fingerprint density at radius 3 is 2.76 bits per heavy atom. The van der Waals surface area contributed by atoms with Gasteiger partial charge in [-0.15, -0.1) is 23.1 Å². The monoisotopic (exact) mass is 372 g/mol. The Morgan fingerprint density at radius 1 is 1.24 bits per heavy atom. The minimum Gasteiger partial charge on any atom is -0.445 e. The van der Waals surface area contributed by atoms with Crippen LogP contribution in [0.5, 0.6) is 0 Å². The molecule has 0 aliphatic carbocycles. The number of benzene rings is 1. The average Bonchev–Trinajstić information content (AvgIpc) is 3.29. The maximum atomic E-state index is 12.5. The molecule has 130 valence electrons. The molecule has 3 rings (SSSR count). The summed E-state index contributed by atoms with van der Waals surface area (Å²) >= 11 is 3.21. The van der Waals surface area contributed by atoms with Gasteiger partial charge in [0.15, 0.2) is 0 Å². The Morgan fingerprint density at radius 2 is 2.04 bits per heavy atom. The molecule has 0 bridgehead atoms. The van der Waals surface area contributed by atoms with Crippen molar-refractivity contribution in [2.45, 2.75) is 42.6 Å². The number of thiazole rings is 1. The summed E-state index contributed by atoms with van der Waals surface area (Å²) in [5.74, 6) is 2.39. The van der Waals surface area contributed by atoms with Gasteiger partial charge in [-0.2, -0.15) is 0 Å². The highest BCUT2D eigenvalue weighted by Crippen LogP contribution is 2.29. The van der Waals surface area contributed by atoms with Gasteiger partial charge in [-0.1, -0.05) is 44.2 Å². The number of oxazole rings is 1. The van der Waals surface area contributed by atoms with E-state index >= 15 is 0 Å². The lowest BCUT2D eigenvalue weighted by atomic mass is 9.95. The molecular formula is C19H20N2O2S2. The molecular weight excluding hydrogens is 352 g/mol. The normalized spacial score (nSPS) is 12.2. The Hall–Kier alpha value is -1.92. The first-order valence-corrected chi connectivity index (χ1v) is 10.0. The molecule has 2 aromatic heterocycles. The maximum absolute atomic E-state index is 12.5. The van der Waals surface area contributed by atoms with Crippen LogP contribution in [0.25, 0.3) is 0 Å². The lowest BCUT2D eigenvalue weighted by molar-refractivity contribution is -0.119. The molecule has 0 aliphatic rings. The van der Waals surface area contributed by atoms with Crippen molar-refractivity contribution in [2.24, 2.45) is 0 Å². The molecule has 1 aromatic carbocycles. The van der Waals surface area contributed by atoms with Crippen molar-refractivity contribution in [3.8, 4) is 0 Å². The molecule has 0 fully saturated rings. The lowest BCUT2D eigenvalue weighted by Crippen LogP contribution is -2.11. The fourth-order valence-electron chi connectivity index (χ4n) is 2.38. The number of thioether (sulfide) groups is 1. The molecule has 0 radical (unpaired) electrons. The van der Waals surface area contributed by atoms with Gasteiger partial charge in [0.05, 0.1) is 28.8 Å². The standard InChI is InChI=1S/C19H20N2O2S2/c1-3-15-10-20-17(23-15)12-24-19-11-21-18(25-19)9-16(22)13(2)14-7-5-4-6-8-14/h4-8,10-11,13H,3,9,12H2,1-2H3. The zero-order valence-corrected chi connectivity index (χ0v) is 15.9. The predicted octanol–water partition coefficient (Wildman–Crippen LogP) is 4.90. The quantitative estimate of drug-likeness (QED) is 0.526. The van der Waals surface area contributed by atoms with Gasteiger partial charge in [0.2, 0.25) is 5.89 Å². The van der Waals surface area contributed by atoms with Crippen molar-refractivity contribution in [2.75, 3.05) is 0 Å². The molecule has 25 heavy (non-hydrogen) atoms. The van der Waals surface area contributed by atoms with Crippen molar-refractivity contribution < 1.29 is 9.21 Å². The van der Waals surface area contributed by atoms with Gasteiger partial charge in [0.1, 0.15) is 16.6 Å². The maximum Gasteiger partial charge on any atom is 0.204 e. The molecule has 0 spiro atoms. The summed E-state index contributed by atoms with van der Waals surface area (Å²) in [5.41, 5.74) is 1.05. The van der Waals surface area contributed by atoms with E-state index in [4.69, 9.17) is 4.42 Å². The first-order valence-electron chi connectivity index (χ1n) is 8.24. The van der Waals surface area contributed by atoms with Gasteiger partial charge >= 0.3 is 0 Å². The predicted molar refractivity (Wildman–Crippen MR) is 101 cm³/mol. The number of Topliss-reactive ketones (excluding diaryl/α,β-unsaturated/α-hetero) is 1. The van der Waals surface area contributed by atoms with E-state index in [9.17, 15) is 4.79 Å². The van der Waals surface area contributed by atoms with E-state index in [1.807, 2.05) is 50.4 Å². The fourth-order valence-corrected chi connectivity index (χ4v) is 4.27. The largest absolute Gasteiger partial charge is 0.445 e. The number of hydrogen-bond donors (Lipinski definition) is 0. The Bertz CT molecular complexity index is 827. The van der Waals surface area contributed by atoms with Crippen molar-refractivity contribution >= 4 is 28.9 Å². The number of ketones is 1. The molecule has 1 atom stereocenters. The molecule has 2 heterocycles. The van der Waals surface area contributed by atoms with Gasteiger partial charge in [-0.25, -0.2) is 9.97 Å². The Labute approximate surface area is 155 Å². The number of carbonyl (C=O) groups excluding carboxylic acids is 1.